The van der Waals surface area contributed by atoms with Crippen LogP contribution in [0.5, 0.6) is 5.75 Å². The number of hydrogen-bond acceptors (Lipinski definition) is 4. The predicted octanol–water partition coefficient (Wildman–Crippen LogP) is 3.42. The highest BCUT2D eigenvalue weighted by molar-refractivity contribution is 5.89. The van der Waals surface area contributed by atoms with Gasteiger partial charge in [-0.25, -0.2) is 4.79 Å². The second-order valence-electron chi connectivity index (χ2n) is 6.11. The second-order valence-corrected chi connectivity index (χ2v) is 6.11. The van der Waals surface area contributed by atoms with Crippen molar-refractivity contribution < 1.29 is 14.3 Å². The average Bonchev–Trinajstić information content (AvgIpc) is 2.66. The number of piperidine rings is 1. The molecule has 2 aromatic carbocycles. The van der Waals surface area contributed by atoms with E-state index < -0.39 is 0 Å². The third kappa shape index (κ3) is 4.83. The van der Waals surface area contributed by atoms with Crippen molar-refractivity contribution in [2.75, 3.05) is 19.7 Å². The van der Waals surface area contributed by atoms with E-state index in [-0.39, 0.29) is 12.6 Å². The van der Waals surface area contributed by atoms with Gasteiger partial charge >= 0.3 is 5.97 Å². The molecule has 2 aromatic rings. The molecule has 1 unspecified atom stereocenters. The van der Waals surface area contributed by atoms with Crippen LogP contribution in [-0.2, 0) is 11.3 Å². The number of nitrogens with one attached hydrogen (secondary N) is 1. The molecule has 0 saturated carbocycles. The first-order chi connectivity index (χ1) is 11.8. The minimum atomic E-state index is -0.318. The summed E-state index contributed by atoms with van der Waals surface area (Å²) in [6, 6.07) is 16.8. The van der Waals surface area contributed by atoms with Crippen LogP contribution in [0.2, 0.25) is 0 Å². The summed E-state index contributed by atoms with van der Waals surface area (Å²) in [5.74, 6) is 1.04. The fourth-order valence-electron chi connectivity index (χ4n) is 2.77. The van der Waals surface area contributed by atoms with E-state index >= 15 is 0 Å². The van der Waals surface area contributed by atoms with Crippen LogP contribution in [-0.4, -0.2) is 25.7 Å². The van der Waals surface area contributed by atoms with Crippen molar-refractivity contribution in [2.24, 2.45) is 5.92 Å². The summed E-state index contributed by atoms with van der Waals surface area (Å²) in [6.45, 7) is 3.12. The molecule has 1 N–H and O–H groups in total. The molecule has 4 nitrogen and oxygen atoms in total. The van der Waals surface area contributed by atoms with Gasteiger partial charge in [-0.05, 0) is 49.2 Å². The highest BCUT2D eigenvalue weighted by Gasteiger charge is 2.14. The lowest BCUT2D eigenvalue weighted by Crippen LogP contribution is -2.33. The van der Waals surface area contributed by atoms with Crippen LogP contribution in [0.3, 0.4) is 0 Å². The Morgan fingerprint density at radius 2 is 1.88 bits per heavy atom. The Morgan fingerprint density at radius 3 is 2.58 bits per heavy atom. The summed E-state index contributed by atoms with van der Waals surface area (Å²) in [5, 5.41) is 3.38. The molecular weight excluding hydrogens is 302 g/mol. The number of carbonyl (C=O) groups is 1. The lowest BCUT2D eigenvalue weighted by molar-refractivity contribution is 0.0472. The molecule has 1 fully saturated rings. The Morgan fingerprint density at radius 1 is 1.08 bits per heavy atom. The van der Waals surface area contributed by atoms with E-state index in [4.69, 9.17) is 9.47 Å². The Balaban J connectivity index is 1.47. The predicted molar refractivity (Wildman–Crippen MR) is 93.1 cm³/mol. The maximum atomic E-state index is 12.1. The second kappa shape index (κ2) is 8.50. The van der Waals surface area contributed by atoms with E-state index in [9.17, 15) is 4.79 Å². The Bertz CT molecular complexity index is 634. The first-order valence-corrected chi connectivity index (χ1v) is 8.46. The molecule has 0 spiro atoms. The molecule has 1 heterocycles. The van der Waals surface area contributed by atoms with Crippen LogP contribution >= 0.6 is 0 Å². The number of hydrogen-bond donors (Lipinski definition) is 1. The minimum Gasteiger partial charge on any atom is -0.493 e. The van der Waals surface area contributed by atoms with E-state index in [2.05, 4.69) is 5.32 Å². The van der Waals surface area contributed by atoms with E-state index in [1.165, 1.54) is 12.8 Å². The normalized spacial score (nSPS) is 17.2. The molecule has 1 saturated heterocycles. The summed E-state index contributed by atoms with van der Waals surface area (Å²) in [6.07, 6.45) is 2.41. The number of benzene rings is 2. The molecule has 126 valence electrons. The Hall–Kier alpha value is -2.33. The zero-order chi connectivity index (χ0) is 16.6. The van der Waals surface area contributed by atoms with Crippen molar-refractivity contribution in [1.82, 2.24) is 5.32 Å². The van der Waals surface area contributed by atoms with Gasteiger partial charge in [0.1, 0.15) is 12.4 Å². The van der Waals surface area contributed by atoms with Gasteiger partial charge in [0.25, 0.3) is 0 Å². The van der Waals surface area contributed by atoms with Crippen LogP contribution in [0.25, 0.3) is 0 Å². The smallest absolute Gasteiger partial charge is 0.338 e. The molecule has 0 aliphatic carbocycles. The third-order valence-electron chi connectivity index (χ3n) is 4.19. The molecule has 1 aliphatic rings. The van der Waals surface area contributed by atoms with Gasteiger partial charge in [-0.2, -0.15) is 0 Å². The molecule has 4 heteroatoms. The fourth-order valence-corrected chi connectivity index (χ4v) is 2.77. The first-order valence-electron chi connectivity index (χ1n) is 8.46. The van der Waals surface area contributed by atoms with Gasteiger partial charge in [0.05, 0.1) is 12.2 Å². The number of rotatable bonds is 6. The zero-order valence-electron chi connectivity index (χ0n) is 13.7. The van der Waals surface area contributed by atoms with Crippen molar-refractivity contribution in [3.63, 3.8) is 0 Å². The van der Waals surface area contributed by atoms with Crippen molar-refractivity contribution in [3.05, 3.63) is 65.7 Å². The fraction of sp³-hybridized carbons (Fsp3) is 0.350. The molecule has 1 aliphatic heterocycles. The van der Waals surface area contributed by atoms with Crippen molar-refractivity contribution in [2.45, 2.75) is 19.4 Å². The van der Waals surface area contributed by atoms with Gasteiger partial charge in [-0.3, -0.25) is 0 Å². The monoisotopic (exact) mass is 325 g/mol. The standard InChI is InChI=1S/C20H23NO3/c22-20(24-14-16-5-2-1-3-6-16)18-8-10-19(11-9-18)23-15-17-7-4-12-21-13-17/h1-3,5-6,8-11,17,21H,4,7,12-15H2. The van der Waals surface area contributed by atoms with Gasteiger partial charge in [0.2, 0.25) is 0 Å². The summed E-state index contributed by atoms with van der Waals surface area (Å²) >= 11 is 0. The minimum absolute atomic E-state index is 0.284. The largest absolute Gasteiger partial charge is 0.493 e. The third-order valence-corrected chi connectivity index (χ3v) is 4.19. The van der Waals surface area contributed by atoms with Gasteiger partial charge in [0.15, 0.2) is 0 Å². The van der Waals surface area contributed by atoms with Gasteiger partial charge in [0, 0.05) is 12.5 Å². The Labute approximate surface area is 142 Å². The molecule has 0 aromatic heterocycles. The average molecular weight is 325 g/mol. The van der Waals surface area contributed by atoms with Crippen LogP contribution in [0, 0.1) is 5.92 Å². The SMILES string of the molecule is O=C(OCc1ccccc1)c1ccc(OCC2CCCNC2)cc1. The quantitative estimate of drug-likeness (QED) is 0.827. The van der Waals surface area contributed by atoms with Crippen LogP contribution in [0.15, 0.2) is 54.6 Å². The molecule has 0 amide bonds. The first kappa shape index (κ1) is 16.5. The van der Waals surface area contributed by atoms with Crippen molar-refractivity contribution >= 4 is 5.97 Å². The number of ether oxygens (including phenoxy) is 2. The highest BCUT2D eigenvalue weighted by atomic mass is 16.5. The van der Waals surface area contributed by atoms with Crippen molar-refractivity contribution in [3.8, 4) is 5.75 Å². The summed E-state index contributed by atoms with van der Waals surface area (Å²) < 4.78 is 11.1. The zero-order valence-corrected chi connectivity index (χ0v) is 13.7. The molecule has 0 radical (unpaired) electrons. The lowest BCUT2D eigenvalue weighted by atomic mass is 10.0. The molecule has 0 bridgehead atoms. The summed E-state index contributed by atoms with van der Waals surface area (Å²) in [4.78, 5) is 12.1. The molecule has 3 rings (SSSR count). The van der Waals surface area contributed by atoms with E-state index in [0.29, 0.717) is 18.1 Å². The van der Waals surface area contributed by atoms with Crippen LogP contribution < -0.4 is 10.1 Å². The van der Waals surface area contributed by atoms with Crippen molar-refractivity contribution in [1.29, 1.82) is 0 Å². The number of esters is 1. The molecular formula is C20H23NO3. The summed E-state index contributed by atoms with van der Waals surface area (Å²) in [7, 11) is 0. The van der Waals surface area contributed by atoms with E-state index in [0.717, 1.165) is 24.4 Å². The van der Waals surface area contributed by atoms with Crippen LogP contribution in [0.1, 0.15) is 28.8 Å². The lowest BCUT2D eigenvalue weighted by Gasteiger charge is -2.22. The van der Waals surface area contributed by atoms with Crippen LogP contribution in [0.4, 0.5) is 0 Å². The maximum Gasteiger partial charge on any atom is 0.338 e. The van der Waals surface area contributed by atoms with Gasteiger partial charge in [-0.15, -0.1) is 0 Å². The summed E-state index contributed by atoms with van der Waals surface area (Å²) in [5.41, 5.74) is 1.52. The number of carbonyl (C=O) groups excluding carboxylic acids is 1. The van der Waals surface area contributed by atoms with Gasteiger partial charge in [-0.1, -0.05) is 30.3 Å². The highest BCUT2D eigenvalue weighted by Crippen LogP contribution is 2.17. The maximum absolute atomic E-state index is 12.1. The Kier molecular flexibility index (Phi) is 5.85. The van der Waals surface area contributed by atoms with E-state index in [1.54, 1.807) is 12.1 Å². The molecule has 1 atom stereocenters. The van der Waals surface area contributed by atoms with Gasteiger partial charge < -0.3 is 14.8 Å². The topological polar surface area (TPSA) is 47.6 Å². The molecule has 24 heavy (non-hydrogen) atoms. The van der Waals surface area contributed by atoms with E-state index in [1.807, 2.05) is 42.5 Å².